The third-order valence-corrected chi connectivity index (χ3v) is 8.41. The number of methoxy groups -OCH3 is 1. The molecule has 0 spiro atoms. The van der Waals surface area contributed by atoms with Gasteiger partial charge in [-0.25, -0.2) is 9.67 Å². The molecule has 1 aliphatic rings. The molecule has 1 fully saturated rings. The Kier molecular flexibility index (Phi) is 6.80. The molecule has 0 amide bonds. The number of rotatable bonds is 6. The van der Waals surface area contributed by atoms with Gasteiger partial charge in [0.1, 0.15) is 18.7 Å². The van der Waals surface area contributed by atoms with E-state index in [0.29, 0.717) is 5.82 Å². The molecule has 3 heterocycles. The first-order chi connectivity index (χ1) is 17.7. The molecular formula is C28H33N6O2P. The van der Waals surface area contributed by atoms with Crippen LogP contribution in [-0.2, 0) is 4.57 Å². The predicted octanol–water partition coefficient (Wildman–Crippen LogP) is 4.19. The molecule has 0 bridgehead atoms. The number of ether oxygens (including phenoxy) is 1. The van der Waals surface area contributed by atoms with E-state index in [1.807, 2.05) is 41.1 Å². The van der Waals surface area contributed by atoms with Crippen molar-refractivity contribution in [2.24, 2.45) is 0 Å². The van der Waals surface area contributed by atoms with Gasteiger partial charge in [0.15, 0.2) is 0 Å². The van der Waals surface area contributed by atoms with Gasteiger partial charge in [0.05, 0.1) is 24.7 Å². The van der Waals surface area contributed by atoms with Gasteiger partial charge in [0.25, 0.3) is 0 Å². The average Bonchev–Trinajstić information content (AvgIpc) is 3.38. The molecule has 2 N–H and O–H groups in total. The second kappa shape index (κ2) is 10.0. The minimum Gasteiger partial charge on any atom is -0.496 e. The Morgan fingerprint density at radius 2 is 1.70 bits per heavy atom. The SMILES string of the molecule is COc1cc(N2CCN(C)CC2)ccc1-c1cnc(N)cc1-c1ccnn1-c1cccc(P(C)(C)=O)c1. The molecule has 0 aliphatic carbocycles. The number of nitrogens with zero attached hydrogens (tertiary/aromatic N) is 5. The smallest absolute Gasteiger partial charge is 0.128 e. The third kappa shape index (κ3) is 5.13. The molecule has 0 atom stereocenters. The van der Waals surface area contributed by atoms with E-state index in [1.165, 1.54) is 0 Å². The van der Waals surface area contributed by atoms with Crippen molar-refractivity contribution >= 4 is 24.0 Å². The highest BCUT2D eigenvalue weighted by atomic mass is 31.2. The zero-order valence-corrected chi connectivity index (χ0v) is 22.7. The van der Waals surface area contributed by atoms with Crippen LogP contribution in [0, 0.1) is 0 Å². The molecule has 0 unspecified atom stereocenters. The number of piperazine rings is 1. The monoisotopic (exact) mass is 516 g/mol. The first-order valence-corrected chi connectivity index (χ1v) is 14.9. The highest BCUT2D eigenvalue weighted by Crippen LogP contribution is 2.40. The lowest BCUT2D eigenvalue weighted by molar-refractivity contribution is 0.312. The molecule has 8 nitrogen and oxygen atoms in total. The van der Waals surface area contributed by atoms with Gasteiger partial charge < -0.3 is 24.8 Å². The lowest BCUT2D eigenvalue weighted by Gasteiger charge is -2.34. The zero-order valence-electron chi connectivity index (χ0n) is 21.8. The average molecular weight is 517 g/mol. The summed E-state index contributed by atoms with van der Waals surface area (Å²) in [5, 5.41) is 5.41. The fourth-order valence-corrected chi connectivity index (χ4v) is 5.62. The molecule has 9 heteroatoms. The molecule has 5 rings (SSSR count). The van der Waals surface area contributed by atoms with Crippen LogP contribution < -0.4 is 20.7 Å². The summed E-state index contributed by atoms with van der Waals surface area (Å²) in [6.45, 7) is 7.58. The first-order valence-electron chi connectivity index (χ1n) is 12.3. The molecular weight excluding hydrogens is 483 g/mol. The van der Waals surface area contributed by atoms with Crippen LogP contribution in [0.1, 0.15) is 0 Å². The fourth-order valence-electron chi connectivity index (χ4n) is 4.73. The number of nitrogen functional groups attached to an aromatic ring is 1. The summed E-state index contributed by atoms with van der Waals surface area (Å²) < 4.78 is 20.5. The minimum absolute atomic E-state index is 0.417. The van der Waals surface area contributed by atoms with Gasteiger partial charge in [-0.2, -0.15) is 5.10 Å². The number of nitrogens with two attached hydrogens (primary N) is 1. The molecule has 192 valence electrons. The maximum atomic E-state index is 12.7. The van der Waals surface area contributed by atoms with Crippen LogP contribution >= 0.6 is 7.14 Å². The Morgan fingerprint density at radius 1 is 0.919 bits per heavy atom. The lowest BCUT2D eigenvalue weighted by atomic mass is 9.98. The molecule has 4 aromatic rings. The Morgan fingerprint density at radius 3 is 2.43 bits per heavy atom. The van der Waals surface area contributed by atoms with Crippen LogP contribution in [-0.4, -0.2) is 73.3 Å². The van der Waals surface area contributed by atoms with Gasteiger partial charge in [-0.3, -0.25) is 0 Å². The normalized spacial score (nSPS) is 14.6. The summed E-state index contributed by atoms with van der Waals surface area (Å²) in [5.41, 5.74) is 11.7. The third-order valence-electron chi connectivity index (χ3n) is 6.88. The van der Waals surface area contributed by atoms with E-state index >= 15 is 0 Å². The molecule has 2 aromatic heterocycles. The maximum Gasteiger partial charge on any atom is 0.128 e. The van der Waals surface area contributed by atoms with Crippen molar-refractivity contribution in [3.8, 4) is 33.8 Å². The number of hydrogen-bond donors (Lipinski definition) is 1. The number of benzene rings is 2. The van der Waals surface area contributed by atoms with Crippen molar-refractivity contribution in [3.05, 3.63) is 67.0 Å². The van der Waals surface area contributed by atoms with Crippen LogP contribution in [0.25, 0.3) is 28.1 Å². The van der Waals surface area contributed by atoms with Gasteiger partial charge in [-0.1, -0.05) is 12.1 Å². The lowest BCUT2D eigenvalue weighted by Crippen LogP contribution is -2.44. The predicted molar refractivity (Wildman–Crippen MR) is 152 cm³/mol. The quantitative estimate of drug-likeness (QED) is 0.385. The van der Waals surface area contributed by atoms with Gasteiger partial charge in [0, 0.05) is 66.1 Å². The van der Waals surface area contributed by atoms with Gasteiger partial charge in [-0.05, 0) is 56.8 Å². The molecule has 1 aliphatic heterocycles. The highest BCUT2D eigenvalue weighted by molar-refractivity contribution is 7.70. The Balaban J connectivity index is 1.59. The van der Waals surface area contributed by atoms with Crippen molar-refractivity contribution in [1.82, 2.24) is 19.7 Å². The van der Waals surface area contributed by atoms with Crippen molar-refractivity contribution in [3.63, 3.8) is 0 Å². The molecule has 0 radical (unpaired) electrons. The van der Waals surface area contributed by atoms with Crippen LogP contribution in [0.5, 0.6) is 5.75 Å². The Bertz CT molecular complexity index is 1470. The van der Waals surface area contributed by atoms with Crippen LogP contribution in [0.2, 0.25) is 0 Å². The number of likely N-dealkylation sites (N-methyl/N-ethyl adjacent to an activating group) is 1. The summed E-state index contributed by atoms with van der Waals surface area (Å²) in [6.07, 6.45) is 3.55. The van der Waals surface area contributed by atoms with E-state index in [0.717, 1.165) is 71.0 Å². The van der Waals surface area contributed by atoms with E-state index in [1.54, 1.807) is 32.8 Å². The summed E-state index contributed by atoms with van der Waals surface area (Å²) in [6, 6.07) is 17.9. The number of aromatic nitrogens is 3. The zero-order chi connectivity index (χ0) is 26.2. The molecule has 0 saturated carbocycles. The molecule has 1 saturated heterocycles. The standard InChI is InChI=1S/C28H33N6O2P/c1-32-12-14-33(15-13-32)20-8-9-23(27(17-20)36-2)25-19-30-28(29)18-24(25)26-10-11-31-34(26)21-6-5-7-22(16-21)37(3,4)35/h5-11,16-19H,12-15H2,1-4H3,(H2,29,30). The Labute approximate surface area is 218 Å². The summed E-state index contributed by atoms with van der Waals surface area (Å²) in [7, 11) is 1.42. The van der Waals surface area contributed by atoms with Crippen LogP contribution in [0.3, 0.4) is 0 Å². The maximum absolute atomic E-state index is 12.7. The summed E-state index contributed by atoms with van der Waals surface area (Å²) in [4.78, 5) is 9.14. The number of anilines is 2. The van der Waals surface area contributed by atoms with E-state index in [9.17, 15) is 4.57 Å². The summed E-state index contributed by atoms with van der Waals surface area (Å²) >= 11 is 0. The first kappa shape index (κ1) is 25.1. The van der Waals surface area contributed by atoms with Crippen LogP contribution in [0.4, 0.5) is 11.5 Å². The van der Waals surface area contributed by atoms with E-state index in [4.69, 9.17) is 10.5 Å². The van der Waals surface area contributed by atoms with E-state index in [-0.39, 0.29) is 0 Å². The van der Waals surface area contributed by atoms with E-state index in [2.05, 4.69) is 45.1 Å². The summed E-state index contributed by atoms with van der Waals surface area (Å²) in [5.74, 6) is 1.19. The topological polar surface area (TPSA) is 89.5 Å². The Hall–Kier alpha value is -3.61. The number of hydrogen-bond acceptors (Lipinski definition) is 7. The van der Waals surface area contributed by atoms with E-state index < -0.39 is 7.14 Å². The molecule has 37 heavy (non-hydrogen) atoms. The van der Waals surface area contributed by atoms with Crippen LogP contribution in [0.15, 0.2) is 67.0 Å². The molecule has 2 aromatic carbocycles. The largest absolute Gasteiger partial charge is 0.496 e. The number of pyridine rings is 1. The minimum atomic E-state index is -2.42. The second-order valence-electron chi connectivity index (χ2n) is 9.83. The van der Waals surface area contributed by atoms with Crippen molar-refractivity contribution in [2.75, 3.05) is 64.3 Å². The van der Waals surface area contributed by atoms with Crippen molar-refractivity contribution < 1.29 is 9.30 Å². The van der Waals surface area contributed by atoms with Crippen molar-refractivity contribution in [1.29, 1.82) is 0 Å². The highest BCUT2D eigenvalue weighted by Gasteiger charge is 2.20. The van der Waals surface area contributed by atoms with Gasteiger partial charge >= 0.3 is 0 Å². The fraction of sp³-hybridized carbons (Fsp3) is 0.286. The van der Waals surface area contributed by atoms with Gasteiger partial charge in [-0.15, -0.1) is 0 Å². The van der Waals surface area contributed by atoms with Gasteiger partial charge in [0.2, 0.25) is 0 Å². The second-order valence-corrected chi connectivity index (χ2v) is 13.0. The van der Waals surface area contributed by atoms with Crippen molar-refractivity contribution in [2.45, 2.75) is 0 Å².